The van der Waals surface area contributed by atoms with Crippen molar-refractivity contribution in [1.82, 2.24) is 9.13 Å². The first-order chi connectivity index (χ1) is 24.7. The molecule has 50 heavy (non-hydrogen) atoms. The van der Waals surface area contributed by atoms with Crippen LogP contribution >= 0.6 is 0 Å². The largest absolute Gasteiger partial charge is 0.309 e. The first-order valence-electron chi connectivity index (χ1n) is 16.3. The van der Waals surface area contributed by atoms with E-state index in [0.29, 0.717) is 16.7 Å². The van der Waals surface area contributed by atoms with Crippen LogP contribution in [0.2, 0.25) is 0 Å². The van der Waals surface area contributed by atoms with Crippen LogP contribution in [0.15, 0.2) is 152 Å². The first-order valence-corrected chi connectivity index (χ1v) is 16.3. The minimum Gasteiger partial charge on any atom is -0.309 e. The number of rotatable bonds is 4. The van der Waals surface area contributed by atoms with Gasteiger partial charge in [0.1, 0.15) is 0 Å². The van der Waals surface area contributed by atoms with Gasteiger partial charge in [0.25, 0.3) is 0 Å². The second-order valence-electron chi connectivity index (χ2n) is 12.3. The van der Waals surface area contributed by atoms with Gasteiger partial charge < -0.3 is 9.13 Å². The lowest BCUT2D eigenvalue weighted by Crippen LogP contribution is -1.99. The van der Waals surface area contributed by atoms with Crippen LogP contribution in [0.3, 0.4) is 0 Å². The number of para-hydroxylation sites is 3. The molecule has 0 saturated heterocycles. The average molecular weight is 636 g/mol. The number of nitrogens with zero attached hydrogens (tertiary/aromatic N) is 5. The van der Waals surface area contributed by atoms with Gasteiger partial charge in [-0.15, -0.1) is 0 Å². The normalized spacial score (nSPS) is 11.1. The van der Waals surface area contributed by atoms with Crippen molar-refractivity contribution in [3.8, 4) is 51.8 Å². The second-order valence-corrected chi connectivity index (χ2v) is 12.3. The SMILES string of the molecule is N#Cc1ccc(-n2c3ccccc3c3cc(C#N)ccc32)c(-c2cc(-c3ccc(-n4c5ccccc5c5ccccc54)cc3)ccc2C#N)c1. The highest BCUT2D eigenvalue weighted by molar-refractivity contribution is 6.11. The number of hydrogen-bond donors (Lipinski definition) is 0. The van der Waals surface area contributed by atoms with Gasteiger partial charge in [0, 0.05) is 38.4 Å². The van der Waals surface area contributed by atoms with E-state index in [-0.39, 0.29) is 0 Å². The van der Waals surface area contributed by atoms with Crippen LogP contribution in [-0.2, 0) is 0 Å². The molecule has 0 saturated carbocycles. The Hall–Kier alpha value is -7.39. The van der Waals surface area contributed by atoms with Gasteiger partial charge in [-0.25, -0.2) is 0 Å². The van der Waals surface area contributed by atoms with Crippen LogP contribution in [0, 0.1) is 34.0 Å². The summed E-state index contributed by atoms with van der Waals surface area (Å²) in [4.78, 5) is 0. The van der Waals surface area contributed by atoms with Crippen LogP contribution < -0.4 is 0 Å². The lowest BCUT2D eigenvalue weighted by Gasteiger charge is -2.16. The van der Waals surface area contributed by atoms with Gasteiger partial charge in [0.05, 0.1) is 62.7 Å². The van der Waals surface area contributed by atoms with Crippen molar-refractivity contribution in [3.05, 3.63) is 168 Å². The number of fused-ring (bicyclic) bond motifs is 6. The minimum atomic E-state index is 0.501. The van der Waals surface area contributed by atoms with Crippen molar-refractivity contribution in [2.45, 2.75) is 0 Å². The molecule has 0 aliphatic carbocycles. The van der Waals surface area contributed by atoms with Crippen molar-refractivity contribution >= 4 is 43.6 Å². The number of nitriles is 3. The van der Waals surface area contributed by atoms with Gasteiger partial charge in [-0.1, -0.05) is 72.8 Å². The zero-order chi connectivity index (χ0) is 33.8. The molecule has 0 N–H and O–H groups in total. The molecule has 9 rings (SSSR count). The molecule has 5 heteroatoms. The third-order valence-electron chi connectivity index (χ3n) is 9.64. The average Bonchev–Trinajstić information content (AvgIpc) is 3.70. The first kappa shape index (κ1) is 28.8. The van der Waals surface area contributed by atoms with E-state index in [1.54, 1.807) is 0 Å². The topological polar surface area (TPSA) is 81.2 Å². The Morgan fingerprint density at radius 1 is 0.380 bits per heavy atom. The van der Waals surface area contributed by atoms with Crippen molar-refractivity contribution in [2.24, 2.45) is 0 Å². The Bertz CT molecular complexity index is 2900. The molecule has 0 bridgehead atoms. The van der Waals surface area contributed by atoms with Gasteiger partial charge in [-0.3, -0.25) is 0 Å². The van der Waals surface area contributed by atoms with Crippen molar-refractivity contribution in [1.29, 1.82) is 15.8 Å². The van der Waals surface area contributed by atoms with E-state index in [4.69, 9.17) is 0 Å². The number of benzene rings is 7. The fourth-order valence-electron chi connectivity index (χ4n) is 7.37. The third kappa shape index (κ3) is 4.38. The maximum atomic E-state index is 10.4. The van der Waals surface area contributed by atoms with Gasteiger partial charge >= 0.3 is 0 Å². The highest BCUT2D eigenvalue weighted by Gasteiger charge is 2.19. The summed E-state index contributed by atoms with van der Waals surface area (Å²) in [5.74, 6) is 0. The zero-order valence-electron chi connectivity index (χ0n) is 26.7. The van der Waals surface area contributed by atoms with E-state index < -0.39 is 0 Å². The summed E-state index contributed by atoms with van der Waals surface area (Å²) in [6.07, 6.45) is 0. The molecule has 5 nitrogen and oxygen atoms in total. The quantitative estimate of drug-likeness (QED) is 0.193. The molecule has 9 aromatic rings. The molecule has 0 radical (unpaired) electrons. The zero-order valence-corrected chi connectivity index (χ0v) is 26.7. The lowest BCUT2D eigenvalue weighted by atomic mass is 9.93. The lowest BCUT2D eigenvalue weighted by molar-refractivity contribution is 1.18. The van der Waals surface area contributed by atoms with Gasteiger partial charge in [0.15, 0.2) is 0 Å². The summed E-state index contributed by atoms with van der Waals surface area (Å²) in [6, 6.07) is 57.8. The molecule has 2 heterocycles. The highest BCUT2D eigenvalue weighted by Crippen LogP contribution is 2.39. The molecule has 0 unspecified atom stereocenters. The fourth-order valence-corrected chi connectivity index (χ4v) is 7.37. The minimum absolute atomic E-state index is 0.501. The van der Waals surface area contributed by atoms with E-state index in [1.807, 2.05) is 60.7 Å². The predicted octanol–water partition coefficient (Wildman–Crippen LogP) is 10.8. The molecule has 7 aromatic carbocycles. The second kappa shape index (κ2) is 11.4. The Morgan fingerprint density at radius 3 is 1.56 bits per heavy atom. The molecule has 0 amide bonds. The van der Waals surface area contributed by atoms with Crippen molar-refractivity contribution in [3.63, 3.8) is 0 Å². The van der Waals surface area contributed by atoms with E-state index in [1.165, 1.54) is 10.8 Å². The van der Waals surface area contributed by atoms with Crippen molar-refractivity contribution in [2.75, 3.05) is 0 Å². The molecule has 0 atom stereocenters. The molecular formula is C45H25N5. The monoisotopic (exact) mass is 635 g/mol. The Morgan fingerprint density at radius 2 is 0.920 bits per heavy atom. The van der Waals surface area contributed by atoms with Crippen LogP contribution in [-0.4, -0.2) is 9.13 Å². The summed E-state index contributed by atoms with van der Waals surface area (Å²) in [5.41, 5.74) is 11.2. The van der Waals surface area contributed by atoms with E-state index in [2.05, 4.69) is 118 Å². The van der Waals surface area contributed by atoms with Gasteiger partial charge in [-0.05, 0) is 90.0 Å². The third-order valence-corrected chi connectivity index (χ3v) is 9.64. The summed E-state index contributed by atoms with van der Waals surface area (Å²) in [6.45, 7) is 0. The molecule has 0 aliphatic rings. The van der Waals surface area contributed by atoms with Crippen molar-refractivity contribution < 1.29 is 0 Å². The molecule has 2 aromatic heterocycles. The van der Waals surface area contributed by atoms with E-state index in [9.17, 15) is 15.8 Å². The Labute approximate surface area is 287 Å². The molecular weight excluding hydrogens is 611 g/mol. The Kier molecular flexibility index (Phi) is 6.56. The summed E-state index contributed by atoms with van der Waals surface area (Å²) in [7, 11) is 0. The standard InChI is InChI=1S/C45H25N5/c46-26-29-13-21-44-39(23-29)37-9-3-6-12-43(37)50(44)45-22-14-30(27-47)24-40(45)38-25-32(15-16-33(38)28-48)31-17-19-34(20-18-31)49-41-10-4-1-7-35(41)36-8-2-5-11-42(36)49/h1-25H. The summed E-state index contributed by atoms with van der Waals surface area (Å²) >= 11 is 0. The number of hydrogen-bond acceptors (Lipinski definition) is 3. The maximum absolute atomic E-state index is 10.4. The van der Waals surface area contributed by atoms with E-state index >= 15 is 0 Å². The maximum Gasteiger partial charge on any atom is 0.0998 e. The summed E-state index contributed by atoms with van der Waals surface area (Å²) in [5, 5.41) is 34.4. The molecule has 0 spiro atoms. The van der Waals surface area contributed by atoms with Crippen LogP contribution in [0.4, 0.5) is 0 Å². The van der Waals surface area contributed by atoms with Crippen LogP contribution in [0.25, 0.3) is 77.2 Å². The molecule has 0 aliphatic heterocycles. The van der Waals surface area contributed by atoms with E-state index in [0.717, 1.165) is 66.5 Å². The number of aromatic nitrogens is 2. The molecule has 0 fully saturated rings. The van der Waals surface area contributed by atoms with Crippen LogP contribution in [0.1, 0.15) is 16.7 Å². The predicted molar refractivity (Wildman–Crippen MR) is 200 cm³/mol. The fraction of sp³-hybridized carbons (Fsp3) is 0. The van der Waals surface area contributed by atoms with Gasteiger partial charge in [0.2, 0.25) is 0 Å². The van der Waals surface area contributed by atoms with Gasteiger partial charge in [-0.2, -0.15) is 15.8 Å². The summed E-state index contributed by atoms with van der Waals surface area (Å²) < 4.78 is 4.46. The smallest absolute Gasteiger partial charge is 0.0998 e. The van der Waals surface area contributed by atoms with Crippen LogP contribution in [0.5, 0.6) is 0 Å². The molecule has 230 valence electrons. The Balaban J connectivity index is 1.22. The highest BCUT2D eigenvalue weighted by atomic mass is 15.0.